The minimum atomic E-state index is -0.699. The Kier molecular flexibility index (Phi) is 28.1. The Morgan fingerprint density at radius 2 is 0.949 bits per heavy atom. The molecule has 0 spiro atoms. The molecule has 0 radical (unpaired) electrons. The van der Waals surface area contributed by atoms with Crippen molar-refractivity contribution in [2.24, 2.45) is 5.73 Å². The molecular formula is C32H64N4O3. The van der Waals surface area contributed by atoms with Crippen LogP contribution in [0.15, 0.2) is 0 Å². The second-order valence-electron chi connectivity index (χ2n) is 11.2. The van der Waals surface area contributed by atoms with Crippen LogP contribution < -0.4 is 21.7 Å². The summed E-state index contributed by atoms with van der Waals surface area (Å²) in [5.74, 6) is -0.521. The van der Waals surface area contributed by atoms with Crippen molar-refractivity contribution in [3.8, 4) is 0 Å². The van der Waals surface area contributed by atoms with E-state index in [0.29, 0.717) is 19.5 Å². The Hall–Kier alpha value is -1.63. The minimum Gasteiger partial charge on any atom is -0.356 e. The highest BCUT2D eigenvalue weighted by molar-refractivity contribution is 5.88. The van der Waals surface area contributed by atoms with Gasteiger partial charge in [-0.2, -0.15) is 0 Å². The normalized spacial score (nSPS) is 11.8. The van der Waals surface area contributed by atoms with Gasteiger partial charge in [-0.05, 0) is 19.3 Å². The summed E-state index contributed by atoms with van der Waals surface area (Å²) < 4.78 is 0. The predicted octanol–water partition coefficient (Wildman–Crippen LogP) is 6.67. The summed E-state index contributed by atoms with van der Waals surface area (Å²) in [6.07, 6.45) is 25.8. The van der Waals surface area contributed by atoms with E-state index in [9.17, 15) is 14.4 Å². The molecule has 0 aromatic carbocycles. The average molecular weight is 553 g/mol. The topological polar surface area (TPSA) is 113 Å². The molecule has 0 rings (SSSR count). The van der Waals surface area contributed by atoms with Crippen LogP contribution in [0.3, 0.4) is 0 Å². The van der Waals surface area contributed by atoms with Gasteiger partial charge >= 0.3 is 0 Å². The van der Waals surface area contributed by atoms with Gasteiger partial charge in [-0.3, -0.25) is 14.4 Å². The minimum absolute atomic E-state index is 0.0634. The molecule has 0 aromatic heterocycles. The van der Waals surface area contributed by atoms with Crippen LogP contribution in [-0.4, -0.2) is 43.4 Å². The number of hydrogen-bond acceptors (Lipinski definition) is 4. The lowest BCUT2D eigenvalue weighted by atomic mass is 10.1. The van der Waals surface area contributed by atoms with Crippen molar-refractivity contribution in [1.82, 2.24) is 16.0 Å². The van der Waals surface area contributed by atoms with Crippen LogP contribution in [0.25, 0.3) is 0 Å². The van der Waals surface area contributed by atoms with Gasteiger partial charge in [0.1, 0.15) is 6.04 Å². The highest BCUT2D eigenvalue weighted by atomic mass is 16.2. The molecule has 1 atom stereocenters. The molecule has 0 fully saturated rings. The molecule has 7 heteroatoms. The van der Waals surface area contributed by atoms with Crippen molar-refractivity contribution < 1.29 is 14.4 Å². The highest BCUT2D eigenvalue weighted by Gasteiger charge is 2.21. The monoisotopic (exact) mass is 552 g/mol. The van der Waals surface area contributed by atoms with E-state index < -0.39 is 6.04 Å². The highest BCUT2D eigenvalue weighted by Crippen LogP contribution is 2.11. The molecule has 0 aromatic rings. The van der Waals surface area contributed by atoms with Crippen LogP contribution in [0.2, 0.25) is 0 Å². The number of nitrogens with one attached hydrogen (secondary N) is 3. The van der Waals surface area contributed by atoms with Gasteiger partial charge in [-0.15, -0.1) is 0 Å². The molecule has 0 unspecified atom stereocenters. The summed E-state index contributed by atoms with van der Waals surface area (Å²) in [4.78, 5) is 37.1. The number of nitrogens with two attached hydrogens (primary N) is 1. The molecule has 0 heterocycles. The summed E-state index contributed by atoms with van der Waals surface area (Å²) >= 11 is 0. The van der Waals surface area contributed by atoms with E-state index in [2.05, 4.69) is 29.8 Å². The summed E-state index contributed by atoms with van der Waals surface area (Å²) in [6.45, 7) is 5.99. The number of carbonyl (C=O) groups is 3. The van der Waals surface area contributed by atoms with Gasteiger partial charge in [0, 0.05) is 32.5 Å². The van der Waals surface area contributed by atoms with Gasteiger partial charge in [0.15, 0.2) is 0 Å². The van der Waals surface area contributed by atoms with Crippen molar-refractivity contribution in [1.29, 1.82) is 0 Å². The largest absolute Gasteiger partial charge is 0.356 e. The quantitative estimate of drug-likeness (QED) is 0.0776. The van der Waals surface area contributed by atoms with Crippen molar-refractivity contribution in [3.63, 3.8) is 0 Å². The SMILES string of the molecule is CCCCCCCCCCCCNC(=O)CC[C@H](NC(=O)CCN)C(=O)NCCCCCCCCCCCC. The summed E-state index contributed by atoms with van der Waals surface area (Å²) in [5, 5.41) is 8.68. The second-order valence-corrected chi connectivity index (χ2v) is 11.2. The van der Waals surface area contributed by atoms with Crippen LogP contribution in [0.4, 0.5) is 0 Å². The average Bonchev–Trinajstić information content (AvgIpc) is 2.92. The van der Waals surface area contributed by atoms with Crippen LogP contribution >= 0.6 is 0 Å². The maximum atomic E-state index is 12.7. The van der Waals surface area contributed by atoms with Gasteiger partial charge in [-0.1, -0.05) is 129 Å². The first-order valence-electron chi connectivity index (χ1n) is 16.6. The molecule has 0 aliphatic carbocycles. The van der Waals surface area contributed by atoms with Gasteiger partial charge in [0.2, 0.25) is 17.7 Å². The molecule has 0 aliphatic heterocycles. The molecule has 39 heavy (non-hydrogen) atoms. The molecule has 230 valence electrons. The Balaban J connectivity index is 4.03. The molecule has 7 nitrogen and oxygen atoms in total. The number of hydrogen-bond donors (Lipinski definition) is 4. The van der Waals surface area contributed by atoms with E-state index in [1.165, 1.54) is 103 Å². The first-order valence-corrected chi connectivity index (χ1v) is 16.6. The van der Waals surface area contributed by atoms with E-state index in [0.717, 1.165) is 25.7 Å². The Labute approximate surface area is 241 Å². The first kappa shape index (κ1) is 37.4. The Morgan fingerprint density at radius 1 is 0.538 bits per heavy atom. The zero-order valence-electron chi connectivity index (χ0n) is 25.8. The van der Waals surface area contributed by atoms with Crippen LogP contribution in [0, 0.1) is 0 Å². The summed E-state index contributed by atoms with van der Waals surface area (Å²) in [6, 6.07) is -0.699. The van der Waals surface area contributed by atoms with Crippen molar-refractivity contribution >= 4 is 17.7 Å². The first-order chi connectivity index (χ1) is 19.0. The lowest BCUT2D eigenvalue weighted by Gasteiger charge is -2.18. The van der Waals surface area contributed by atoms with Crippen molar-refractivity contribution in [2.45, 2.75) is 168 Å². The molecule has 0 saturated carbocycles. The number of carbonyl (C=O) groups excluding carboxylic acids is 3. The van der Waals surface area contributed by atoms with Crippen LogP contribution in [0.1, 0.15) is 162 Å². The molecule has 5 N–H and O–H groups in total. The fourth-order valence-corrected chi connectivity index (χ4v) is 4.82. The van der Waals surface area contributed by atoms with E-state index in [1.54, 1.807) is 0 Å². The van der Waals surface area contributed by atoms with E-state index in [1.807, 2.05) is 0 Å². The van der Waals surface area contributed by atoms with Crippen molar-refractivity contribution in [2.75, 3.05) is 19.6 Å². The number of rotatable bonds is 29. The van der Waals surface area contributed by atoms with Gasteiger partial charge in [0.05, 0.1) is 0 Å². The van der Waals surface area contributed by atoms with E-state index >= 15 is 0 Å². The van der Waals surface area contributed by atoms with Gasteiger partial charge < -0.3 is 21.7 Å². The lowest BCUT2D eigenvalue weighted by molar-refractivity contribution is -0.129. The standard InChI is InChI=1S/C32H64N4O3/c1-3-5-7-9-11-13-15-17-19-21-27-34-30(37)24-23-29(36-31(38)25-26-33)32(39)35-28-22-20-18-16-14-12-10-8-6-4-2/h29H,3-28,33H2,1-2H3,(H,34,37)(H,35,39)(H,36,38)/t29-/m0/s1. The maximum absolute atomic E-state index is 12.7. The lowest BCUT2D eigenvalue weighted by Crippen LogP contribution is -2.47. The van der Waals surface area contributed by atoms with Crippen LogP contribution in [0.5, 0.6) is 0 Å². The fourth-order valence-electron chi connectivity index (χ4n) is 4.82. The van der Waals surface area contributed by atoms with Crippen molar-refractivity contribution in [3.05, 3.63) is 0 Å². The predicted molar refractivity (Wildman–Crippen MR) is 165 cm³/mol. The van der Waals surface area contributed by atoms with Gasteiger partial charge in [0.25, 0.3) is 0 Å². The van der Waals surface area contributed by atoms with E-state index in [-0.39, 0.29) is 37.1 Å². The number of unbranched alkanes of at least 4 members (excludes halogenated alkanes) is 18. The van der Waals surface area contributed by atoms with Crippen LogP contribution in [-0.2, 0) is 14.4 Å². The zero-order valence-corrected chi connectivity index (χ0v) is 25.8. The number of amides is 3. The summed E-state index contributed by atoms with van der Waals surface area (Å²) in [7, 11) is 0. The Morgan fingerprint density at radius 3 is 1.38 bits per heavy atom. The van der Waals surface area contributed by atoms with E-state index in [4.69, 9.17) is 5.73 Å². The zero-order chi connectivity index (χ0) is 28.8. The van der Waals surface area contributed by atoms with Gasteiger partial charge in [-0.25, -0.2) is 0 Å². The third-order valence-corrected chi connectivity index (χ3v) is 7.37. The Bertz CT molecular complexity index is 586. The summed E-state index contributed by atoms with van der Waals surface area (Å²) in [5.41, 5.74) is 5.49. The maximum Gasteiger partial charge on any atom is 0.242 e. The molecular weight excluding hydrogens is 488 g/mol. The fraction of sp³-hybridized carbons (Fsp3) is 0.906. The third kappa shape index (κ3) is 26.4. The molecule has 3 amide bonds. The molecule has 0 bridgehead atoms. The molecule has 0 aliphatic rings. The third-order valence-electron chi connectivity index (χ3n) is 7.37. The molecule has 0 saturated heterocycles. The smallest absolute Gasteiger partial charge is 0.242 e. The second kappa shape index (κ2) is 29.4.